The summed E-state index contributed by atoms with van der Waals surface area (Å²) in [6, 6.07) is 7.93. The lowest BCUT2D eigenvalue weighted by Crippen LogP contribution is -2.39. The zero-order valence-corrected chi connectivity index (χ0v) is 14.2. The third-order valence-electron chi connectivity index (χ3n) is 3.35. The van der Waals surface area contributed by atoms with Gasteiger partial charge in [-0.3, -0.25) is 4.99 Å². The summed E-state index contributed by atoms with van der Waals surface area (Å²) in [5.41, 5.74) is 1.23. The van der Waals surface area contributed by atoms with Gasteiger partial charge in [-0.2, -0.15) is 13.2 Å². The lowest BCUT2D eigenvalue weighted by atomic mass is 10.1. The Kier molecular flexibility index (Phi) is 9.04. The number of benzene rings is 1. The van der Waals surface area contributed by atoms with Gasteiger partial charge in [0, 0.05) is 19.6 Å². The SMILES string of the molecule is CCNC(=NCCCCc1ccc(OC)cc1)NCCC(F)(F)F. The number of alkyl halides is 3. The van der Waals surface area contributed by atoms with E-state index in [1.165, 1.54) is 5.56 Å². The normalized spacial score (nSPS) is 12.1. The van der Waals surface area contributed by atoms with Crippen molar-refractivity contribution < 1.29 is 17.9 Å². The number of nitrogens with zero attached hydrogens (tertiary/aromatic N) is 1. The van der Waals surface area contributed by atoms with Crippen LogP contribution < -0.4 is 15.4 Å². The van der Waals surface area contributed by atoms with Gasteiger partial charge < -0.3 is 15.4 Å². The van der Waals surface area contributed by atoms with Gasteiger partial charge in [-0.05, 0) is 43.9 Å². The highest BCUT2D eigenvalue weighted by atomic mass is 19.4. The molecule has 0 saturated carbocycles. The fourth-order valence-corrected chi connectivity index (χ4v) is 2.09. The Morgan fingerprint density at radius 1 is 1.12 bits per heavy atom. The Balaban J connectivity index is 2.27. The van der Waals surface area contributed by atoms with E-state index in [0.717, 1.165) is 25.0 Å². The minimum Gasteiger partial charge on any atom is -0.497 e. The zero-order chi connectivity index (χ0) is 17.8. The van der Waals surface area contributed by atoms with Crippen LogP contribution in [0.1, 0.15) is 31.7 Å². The number of unbranched alkanes of at least 4 members (excludes halogenated alkanes) is 1. The number of ether oxygens (including phenoxy) is 1. The molecular formula is C17H26F3N3O. The first-order chi connectivity index (χ1) is 11.4. The quantitative estimate of drug-likeness (QED) is 0.409. The second-order valence-electron chi connectivity index (χ2n) is 5.36. The van der Waals surface area contributed by atoms with Crippen molar-refractivity contribution in [2.45, 2.75) is 38.8 Å². The van der Waals surface area contributed by atoms with Crippen LogP contribution in [0.3, 0.4) is 0 Å². The predicted octanol–water partition coefficient (Wildman–Crippen LogP) is 3.53. The summed E-state index contributed by atoms with van der Waals surface area (Å²) in [6.45, 7) is 2.91. The van der Waals surface area contributed by atoms with Gasteiger partial charge >= 0.3 is 6.18 Å². The number of aryl methyl sites for hydroxylation is 1. The van der Waals surface area contributed by atoms with Crippen molar-refractivity contribution in [2.24, 2.45) is 4.99 Å². The van der Waals surface area contributed by atoms with Gasteiger partial charge in [0.15, 0.2) is 5.96 Å². The molecule has 1 aromatic carbocycles. The van der Waals surface area contributed by atoms with E-state index >= 15 is 0 Å². The lowest BCUT2D eigenvalue weighted by molar-refractivity contribution is -0.132. The summed E-state index contributed by atoms with van der Waals surface area (Å²) in [7, 11) is 1.64. The molecule has 0 aromatic heterocycles. The van der Waals surface area contributed by atoms with Crippen molar-refractivity contribution in [3.05, 3.63) is 29.8 Å². The first-order valence-electron chi connectivity index (χ1n) is 8.16. The first-order valence-corrected chi connectivity index (χ1v) is 8.16. The van der Waals surface area contributed by atoms with Crippen molar-refractivity contribution >= 4 is 5.96 Å². The Bertz CT molecular complexity index is 487. The highest BCUT2D eigenvalue weighted by molar-refractivity contribution is 5.79. The molecule has 0 radical (unpaired) electrons. The van der Waals surface area contributed by atoms with Gasteiger partial charge in [0.1, 0.15) is 5.75 Å². The summed E-state index contributed by atoms with van der Waals surface area (Å²) in [5.74, 6) is 1.27. The Hall–Kier alpha value is -1.92. The molecule has 0 spiro atoms. The van der Waals surface area contributed by atoms with Gasteiger partial charge in [-0.15, -0.1) is 0 Å². The molecule has 4 nitrogen and oxygen atoms in total. The van der Waals surface area contributed by atoms with Crippen LogP contribution in [0.25, 0.3) is 0 Å². The average molecular weight is 345 g/mol. The maximum absolute atomic E-state index is 12.1. The Morgan fingerprint density at radius 2 is 1.83 bits per heavy atom. The van der Waals surface area contributed by atoms with Crippen LogP contribution in [-0.4, -0.2) is 38.9 Å². The summed E-state index contributed by atoms with van der Waals surface area (Å²) in [5, 5.41) is 5.65. The first kappa shape index (κ1) is 20.1. The molecule has 0 fully saturated rings. The number of nitrogens with one attached hydrogen (secondary N) is 2. The maximum Gasteiger partial charge on any atom is 0.390 e. The van der Waals surface area contributed by atoms with Crippen LogP contribution in [0.2, 0.25) is 0 Å². The highest BCUT2D eigenvalue weighted by Gasteiger charge is 2.26. The topological polar surface area (TPSA) is 45.7 Å². The minimum absolute atomic E-state index is 0.165. The minimum atomic E-state index is -4.15. The molecule has 0 bridgehead atoms. The Morgan fingerprint density at radius 3 is 2.42 bits per heavy atom. The highest BCUT2D eigenvalue weighted by Crippen LogP contribution is 2.18. The van der Waals surface area contributed by atoms with E-state index in [2.05, 4.69) is 15.6 Å². The van der Waals surface area contributed by atoms with E-state index in [1.54, 1.807) is 7.11 Å². The lowest BCUT2D eigenvalue weighted by Gasteiger charge is -2.12. The van der Waals surface area contributed by atoms with Crippen molar-refractivity contribution in [1.82, 2.24) is 10.6 Å². The van der Waals surface area contributed by atoms with Crippen molar-refractivity contribution in [3.63, 3.8) is 0 Å². The molecule has 24 heavy (non-hydrogen) atoms. The molecule has 0 heterocycles. The van der Waals surface area contributed by atoms with E-state index in [-0.39, 0.29) is 6.54 Å². The van der Waals surface area contributed by atoms with Gasteiger partial charge in [0.05, 0.1) is 13.5 Å². The van der Waals surface area contributed by atoms with Crippen molar-refractivity contribution in [3.8, 4) is 5.75 Å². The van der Waals surface area contributed by atoms with Gasteiger partial charge in [-0.1, -0.05) is 12.1 Å². The molecular weight excluding hydrogens is 319 g/mol. The number of hydrogen-bond acceptors (Lipinski definition) is 2. The summed E-state index contributed by atoms with van der Waals surface area (Å²) in [6.07, 6.45) is -2.23. The molecule has 0 atom stereocenters. The van der Waals surface area contributed by atoms with Crippen LogP contribution >= 0.6 is 0 Å². The van der Waals surface area contributed by atoms with Gasteiger partial charge in [-0.25, -0.2) is 0 Å². The zero-order valence-electron chi connectivity index (χ0n) is 14.2. The number of methoxy groups -OCH3 is 1. The molecule has 0 aliphatic carbocycles. The number of guanidine groups is 1. The third kappa shape index (κ3) is 9.27. The summed E-state index contributed by atoms with van der Waals surface area (Å²) >= 11 is 0. The molecule has 0 aliphatic heterocycles. The van der Waals surface area contributed by atoms with Gasteiger partial charge in [0.2, 0.25) is 0 Å². The second-order valence-corrected chi connectivity index (χ2v) is 5.36. The number of halogens is 3. The van der Waals surface area contributed by atoms with Gasteiger partial charge in [0.25, 0.3) is 0 Å². The van der Waals surface area contributed by atoms with E-state index in [0.29, 0.717) is 19.0 Å². The molecule has 1 rings (SSSR count). The standard InChI is InChI=1S/C17H26F3N3O/c1-3-21-16(23-13-11-17(18,19)20)22-12-5-4-6-14-7-9-15(24-2)10-8-14/h7-10H,3-6,11-13H2,1-2H3,(H2,21,22,23). The Labute approximate surface area is 141 Å². The fourth-order valence-electron chi connectivity index (χ4n) is 2.09. The molecule has 0 aliphatic rings. The van der Waals surface area contributed by atoms with E-state index in [4.69, 9.17) is 4.74 Å². The molecule has 136 valence electrons. The van der Waals surface area contributed by atoms with Crippen molar-refractivity contribution in [1.29, 1.82) is 0 Å². The molecule has 0 amide bonds. The van der Waals surface area contributed by atoms with E-state index < -0.39 is 12.6 Å². The largest absolute Gasteiger partial charge is 0.497 e. The van der Waals surface area contributed by atoms with Crippen LogP contribution in [0, 0.1) is 0 Å². The molecule has 7 heteroatoms. The van der Waals surface area contributed by atoms with Crippen LogP contribution in [0.4, 0.5) is 13.2 Å². The molecule has 2 N–H and O–H groups in total. The number of rotatable bonds is 9. The van der Waals surface area contributed by atoms with Crippen LogP contribution in [-0.2, 0) is 6.42 Å². The maximum atomic E-state index is 12.1. The second kappa shape index (κ2) is 10.8. The number of aliphatic imine (C=N–C) groups is 1. The summed E-state index contributed by atoms with van der Waals surface area (Å²) in [4.78, 5) is 4.30. The fraction of sp³-hybridized carbons (Fsp3) is 0.588. The third-order valence-corrected chi connectivity index (χ3v) is 3.35. The predicted molar refractivity (Wildman–Crippen MR) is 90.6 cm³/mol. The van der Waals surface area contributed by atoms with Crippen molar-refractivity contribution in [2.75, 3.05) is 26.7 Å². The monoisotopic (exact) mass is 345 g/mol. The van der Waals surface area contributed by atoms with E-state index in [1.807, 2.05) is 31.2 Å². The summed E-state index contributed by atoms with van der Waals surface area (Å²) < 4.78 is 41.5. The average Bonchev–Trinajstić information content (AvgIpc) is 2.54. The van der Waals surface area contributed by atoms with Crippen LogP contribution in [0.15, 0.2) is 29.3 Å². The van der Waals surface area contributed by atoms with E-state index in [9.17, 15) is 13.2 Å². The molecule has 0 saturated heterocycles. The smallest absolute Gasteiger partial charge is 0.390 e. The molecule has 1 aromatic rings. The number of hydrogen-bond donors (Lipinski definition) is 2. The molecule has 0 unspecified atom stereocenters. The van der Waals surface area contributed by atoms with Crippen LogP contribution in [0.5, 0.6) is 5.75 Å².